The molecule has 2 aromatic carbocycles. The molecule has 1 atom stereocenters. The van der Waals surface area contributed by atoms with Crippen LogP contribution in [0.4, 0.5) is 0 Å². The Balaban J connectivity index is 1.68. The molecule has 0 amide bonds. The molecule has 0 saturated heterocycles. The maximum absolute atomic E-state index is 10.0. The SMILES string of the molecule is Cc1c2c(nc3cc4c(cc13)OCO4)CCC(C#N)(c1ccccc1)C2. The third kappa shape index (κ3) is 2.10. The lowest BCUT2D eigenvalue weighted by Gasteiger charge is -2.33. The van der Waals surface area contributed by atoms with Gasteiger partial charge < -0.3 is 9.47 Å². The average Bonchev–Trinajstić information content (AvgIpc) is 3.15. The molecule has 0 radical (unpaired) electrons. The fourth-order valence-corrected chi connectivity index (χ4v) is 4.24. The van der Waals surface area contributed by atoms with Gasteiger partial charge in [0.05, 0.1) is 17.0 Å². The Labute approximate surface area is 152 Å². The van der Waals surface area contributed by atoms with Crippen LogP contribution in [0.25, 0.3) is 10.9 Å². The van der Waals surface area contributed by atoms with Gasteiger partial charge in [-0.2, -0.15) is 5.26 Å². The molecule has 1 unspecified atom stereocenters. The number of hydrogen-bond donors (Lipinski definition) is 0. The second kappa shape index (κ2) is 5.47. The molecule has 1 aliphatic carbocycles. The predicted octanol–water partition coefficient (Wildman–Crippen LogP) is 4.22. The minimum Gasteiger partial charge on any atom is -0.454 e. The van der Waals surface area contributed by atoms with E-state index in [0.717, 1.165) is 46.5 Å². The molecule has 5 rings (SSSR count). The Morgan fingerprint density at radius 1 is 1.12 bits per heavy atom. The summed E-state index contributed by atoms with van der Waals surface area (Å²) in [6, 6.07) is 16.8. The zero-order chi connectivity index (χ0) is 17.7. The molecule has 0 spiro atoms. The van der Waals surface area contributed by atoms with E-state index < -0.39 is 5.41 Å². The predicted molar refractivity (Wildman–Crippen MR) is 98.4 cm³/mol. The third-order valence-electron chi connectivity index (χ3n) is 5.76. The number of aryl methyl sites for hydroxylation is 2. The maximum Gasteiger partial charge on any atom is 0.231 e. The molecule has 4 heteroatoms. The van der Waals surface area contributed by atoms with Crippen molar-refractivity contribution < 1.29 is 9.47 Å². The Hall–Kier alpha value is -3.06. The van der Waals surface area contributed by atoms with Crippen LogP contribution in [-0.4, -0.2) is 11.8 Å². The van der Waals surface area contributed by atoms with Crippen molar-refractivity contribution in [3.05, 3.63) is 64.8 Å². The van der Waals surface area contributed by atoms with Gasteiger partial charge in [0, 0.05) is 17.1 Å². The Morgan fingerprint density at radius 2 is 1.88 bits per heavy atom. The van der Waals surface area contributed by atoms with Gasteiger partial charge >= 0.3 is 0 Å². The van der Waals surface area contributed by atoms with E-state index in [0.29, 0.717) is 6.42 Å². The van der Waals surface area contributed by atoms with Gasteiger partial charge in [0.25, 0.3) is 0 Å². The summed E-state index contributed by atoms with van der Waals surface area (Å²) in [6.45, 7) is 2.39. The van der Waals surface area contributed by atoms with Gasteiger partial charge in [-0.3, -0.25) is 4.98 Å². The number of aromatic nitrogens is 1. The number of pyridine rings is 1. The summed E-state index contributed by atoms with van der Waals surface area (Å²) in [5, 5.41) is 11.1. The molecule has 0 N–H and O–H groups in total. The summed E-state index contributed by atoms with van der Waals surface area (Å²) in [4.78, 5) is 4.90. The number of benzene rings is 2. The molecular weight excluding hydrogens is 324 g/mol. The van der Waals surface area contributed by atoms with Crippen LogP contribution in [0.3, 0.4) is 0 Å². The van der Waals surface area contributed by atoms with E-state index >= 15 is 0 Å². The topological polar surface area (TPSA) is 55.1 Å². The van der Waals surface area contributed by atoms with Gasteiger partial charge in [-0.1, -0.05) is 30.3 Å². The van der Waals surface area contributed by atoms with Crippen LogP contribution in [0.1, 0.15) is 28.8 Å². The summed E-state index contributed by atoms with van der Waals surface area (Å²) >= 11 is 0. The second-order valence-electron chi connectivity index (χ2n) is 7.12. The van der Waals surface area contributed by atoms with Crippen molar-refractivity contribution in [2.45, 2.75) is 31.6 Å². The first-order valence-electron chi connectivity index (χ1n) is 8.89. The first-order chi connectivity index (χ1) is 12.7. The van der Waals surface area contributed by atoms with Crippen molar-refractivity contribution >= 4 is 10.9 Å². The Kier molecular flexibility index (Phi) is 3.20. The van der Waals surface area contributed by atoms with E-state index in [1.807, 2.05) is 30.3 Å². The van der Waals surface area contributed by atoms with E-state index in [1.54, 1.807) is 0 Å². The van der Waals surface area contributed by atoms with Crippen molar-refractivity contribution in [3.63, 3.8) is 0 Å². The third-order valence-corrected chi connectivity index (χ3v) is 5.76. The Bertz CT molecular complexity index is 1070. The second-order valence-corrected chi connectivity index (χ2v) is 7.12. The van der Waals surface area contributed by atoms with E-state index in [9.17, 15) is 5.26 Å². The summed E-state index contributed by atoms with van der Waals surface area (Å²) in [5.41, 5.74) is 5.06. The highest BCUT2D eigenvalue weighted by atomic mass is 16.7. The minimum absolute atomic E-state index is 0.260. The van der Waals surface area contributed by atoms with E-state index in [-0.39, 0.29) is 6.79 Å². The van der Waals surface area contributed by atoms with Crippen LogP contribution in [0, 0.1) is 18.3 Å². The van der Waals surface area contributed by atoms with Gasteiger partial charge in [-0.15, -0.1) is 0 Å². The molecule has 4 nitrogen and oxygen atoms in total. The zero-order valence-corrected chi connectivity index (χ0v) is 14.6. The smallest absolute Gasteiger partial charge is 0.231 e. The number of fused-ring (bicyclic) bond motifs is 3. The largest absolute Gasteiger partial charge is 0.454 e. The minimum atomic E-state index is -0.481. The first-order valence-corrected chi connectivity index (χ1v) is 8.89. The summed E-state index contributed by atoms with van der Waals surface area (Å²) in [7, 11) is 0. The number of ether oxygens (including phenoxy) is 2. The molecule has 3 aromatic rings. The van der Waals surface area contributed by atoms with Crippen molar-refractivity contribution in [3.8, 4) is 17.6 Å². The van der Waals surface area contributed by atoms with Gasteiger partial charge in [0.1, 0.15) is 0 Å². The van der Waals surface area contributed by atoms with Crippen LogP contribution in [-0.2, 0) is 18.3 Å². The summed E-state index contributed by atoms with van der Waals surface area (Å²) < 4.78 is 11.0. The van der Waals surface area contributed by atoms with Gasteiger partial charge in [-0.05, 0) is 48.9 Å². The lowest BCUT2D eigenvalue weighted by molar-refractivity contribution is 0.174. The molecule has 26 heavy (non-hydrogen) atoms. The molecule has 128 valence electrons. The number of nitriles is 1. The molecule has 1 aliphatic heterocycles. The van der Waals surface area contributed by atoms with Crippen LogP contribution in [0.5, 0.6) is 11.5 Å². The molecular formula is C22H18N2O2. The van der Waals surface area contributed by atoms with Gasteiger partial charge in [0.15, 0.2) is 11.5 Å². The maximum atomic E-state index is 10.0. The molecule has 0 bridgehead atoms. The molecule has 2 heterocycles. The van der Waals surface area contributed by atoms with Crippen LogP contribution < -0.4 is 9.47 Å². The fourth-order valence-electron chi connectivity index (χ4n) is 4.24. The molecule has 0 fully saturated rings. The van der Waals surface area contributed by atoms with Crippen molar-refractivity contribution in [2.75, 3.05) is 6.79 Å². The highest BCUT2D eigenvalue weighted by molar-refractivity contribution is 5.87. The number of hydrogen-bond acceptors (Lipinski definition) is 4. The van der Waals surface area contributed by atoms with Crippen LogP contribution in [0.2, 0.25) is 0 Å². The van der Waals surface area contributed by atoms with E-state index in [2.05, 4.69) is 25.1 Å². The summed E-state index contributed by atoms with van der Waals surface area (Å²) in [5.74, 6) is 1.53. The highest BCUT2D eigenvalue weighted by Crippen LogP contribution is 2.42. The van der Waals surface area contributed by atoms with Crippen molar-refractivity contribution in [1.82, 2.24) is 4.98 Å². The van der Waals surface area contributed by atoms with E-state index in [4.69, 9.17) is 14.5 Å². The summed E-state index contributed by atoms with van der Waals surface area (Å²) in [6.07, 6.45) is 2.30. The molecule has 0 saturated carbocycles. The average molecular weight is 342 g/mol. The van der Waals surface area contributed by atoms with Gasteiger partial charge in [-0.25, -0.2) is 0 Å². The zero-order valence-electron chi connectivity index (χ0n) is 14.6. The monoisotopic (exact) mass is 342 g/mol. The lowest BCUT2D eigenvalue weighted by atomic mass is 9.68. The van der Waals surface area contributed by atoms with Crippen LogP contribution in [0.15, 0.2) is 42.5 Å². The first kappa shape index (κ1) is 15.2. The molecule has 1 aromatic heterocycles. The lowest BCUT2D eigenvalue weighted by Crippen LogP contribution is -2.33. The fraction of sp³-hybridized carbons (Fsp3) is 0.273. The van der Waals surface area contributed by atoms with Crippen LogP contribution >= 0.6 is 0 Å². The van der Waals surface area contributed by atoms with Crippen molar-refractivity contribution in [2.24, 2.45) is 0 Å². The molecule has 2 aliphatic rings. The van der Waals surface area contributed by atoms with E-state index in [1.165, 1.54) is 11.1 Å². The van der Waals surface area contributed by atoms with Gasteiger partial charge in [0.2, 0.25) is 6.79 Å². The quantitative estimate of drug-likeness (QED) is 0.664. The number of rotatable bonds is 1. The van der Waals surface area contributed by atoms with Crippen molar-refractivity contribution in [1.29, 1.82) is 5.26 Å². The normalized spacial score (nSPS) is 20.6. The standard InChI is InChI=1S/C22H18N2O2/c1-14-16-9-20-21(26-13-25-20)10-19(16)24-18-7-8-22(12-23,11-17(14)18)15-5-3-2-4-6-15/h2-6,9-10H,7-8,11,13H2,1H3. The Morgan fingerprint density at radius 3 is 2.65 bits per heavy atom. The highest BCUT2D eigenvalue weighted by Gasteiger charge is 2.38. The number of nitrogens with zero attached hydrogens (tertiary/aromatic N) is 2.